The quantitative estimate of drug-likeness (QED) is 0.820. The molecule has 0 saturated heterocycles. The van der Waals surface area contributed by atoms with Crippen molar-refractivity contribution in [3.63, 3.8) is 0 Å². The first-order valence-electron chi connectivity index (χ1n) is 6.73. The molecule has 5 nitrogen and oxygen atoms in total. The highest BCUT2D eigenvalue weighted by molar-refractivity contribution is 7.89. The van der Waals surface area contributed by atoms with Gasteiger partial charge in [0.15, 0.2) is 0 Å². The Bertz CT molecular complexity index is 858. The summed E-state index contributed by atoms with van der Waals surface area (Å²) in [5.41, 5.74) is 0.377. The van der Waals surface area contributed by atoms with Crippen LogP contribution in [0.2, 0.25) is 10.0 Å². The van der Waals surface area contributed by atoms with E-state index in [-0.39, 0.29) is 9.92 Å². The molecule has 0 bridgehead atoms. The van der Waals surface area contributed by atoms with Crippen molar-refractivity contribution in [3.8, 4) is 0 Å². The number of benzene rings is 2. The predicted octanol–water partition coefficient (Wildman–Crippen LogP) is 3.44. The van der Waals surface area contributed by atoms with Gasteiger partial charge in [-0.3, -0.25) is 4.79 Å². The summed E-state index contributed by atoms with van der Waals surface area (Å²) in [7, 11) is -3.95. The maximum absolute atomic E-state index is 12.9. The maximum Gasteiger partial charge on any atom is 0.242 e. The molecule has 0 saturated carbocycles. The average molecular weight is 391 g/mol. The smallest absolute Gasteiger partial charge is 0.242 e. The summed E-state index contributed by atoms with van der Waals surface area (Å²) < 4.78 is 39.4. The highest BCUT2D eigenvalue weighted by Crippen LogP contribution is 2.25. The summed E-state index contributed by atoms with van der Waals surface area (Å²) >= 11 is 11.6. The lowest BCUT2D eigenvalue weighted by Crippen LogP contribution is -2.41. The Morgan fingerprint density at radius 3 is 2.29 bits per heavy atom. The van der Waals surface area contributed by atoms with Gasteiger partial charge in [0.2, 0.25) is 15.9 Å². The monoisotopic (exact) mass is 390 g/mol. The number of amides is 1. The third-order valence-electron chi connectivity index (χ3n) is 3.04. The summed E-state index contributed by atoms with van der Waals surface area (Å²) in [4.78, 5) is 12.0. The molecule has 0 spiro atoms. The van der Waals surface area contributed by atoms with Crippen LogP contribution in [0.5, 0.6) is 0 Å². The molecule has 0 aliphatic carbocycles. The second-order valence-corrected chi connectivity index (χ2v) is 7.44. The molecule has 0 aliphatic rings. The minimum Gasteiger partial charge on any atom is -0.325 e. The third kappa shape index (κ3) is 4.67. The van der Waals surface area contributed by atoms with E-state index in [0.29, 0.717) is 10.7 Å². The highest BCUT2D eigenvalue weighted by atomic mass is 35.5. The zero-order valence-corrected chi connectivity index (χ0v) is 14.7. The Labute approximate surface area is 148 Å². The van der Waals surface area contributed by atoms with E-state index in [2.05, 4.69) is 10.0 Å². The summed E-state index contributed by atoms with van der Waals surface area (Å²) in [6, 6.07) is 7.70. The zero-order valence-electron chi connectivity index (χ0n) is 12.4. The van der Waals surface area contributed by atoms with E-state index >= 15 is 0 Å². The molecule has 2 aromatic carbocycles. The topological polar surface area (TPSA) is 75.3 Å². The van der Waals surface area contributed by atoms with Gasteiger partial charge in [-0.05, 0) is 49.4 Å². The molecular weight excluding hydrogens is 378 g/mol. The van der Waals surface area contributed by atoms with Crippen molar-refractivity contribution in [1.29, 1.82) is 0 Å². The first kappa shape index (κ1) is 18.7. The van der Waals surface area contributed by atoms with Crippen LogP contribution in [0.3, 0.4) is 0 Å². The van der Waals surface area contributed by atoms with E-state index in [1.54, 1.807) is 0 Å². The van der Waals surface area contributed by atoms with Crippen molar-refractivity contribution >= 4 is 44.8 Å². The summed E-state index contributed by atoms with van der Waals surface area (Å²) in [6.45, 7) is 1.38. The van der Waals surface area contributed by atoms with Crippen LogP contribution in [-0.2, 0) is 14.8 Å². The molecule has 0 aliphatic heterocycles. The summed E-state index contributed by atoms with van der Waals surface area (Å²) in [5.74, 6) is -1.14. The molecule has 0 radical (unpaired) electrons. The standard InChI is InChI=1S/C15H13Cl2FN2O3S/c1-9(15(21)19-11-4-7-13(16)14(17)8-11)20-24(22,23)12-5-2-10(18)3-6-12/h2-9,20H,1H3,(H,19,21)/t9-/m1/s1. The molecule has 24 heavy (non-hydrogen) atoms. The lowest BCUT2D eigenvalue weighted by Gasteiger charge is -2.15. The Kier molecular flexibility index (Phi) is 5.82. The van der Waals surface area contributed by atoms with Crippen LogP contribution < -0.4 is 10.0 Å². The second kappa shape index (κ2) is 7.48. The van der Waals surface area contributed by atoms with E-state index in [9.17, 15) is 17.6 Å². The van der Waals surface area contributed by atoms with Crippen molar-refractivity contribution in [2.75, 3.05) is 5.32 Å². The first-order chi connectivity index (χ1) is 11.2. The van der Waals surface area contributed by atoms with Crippen molar-refractivity contribution < 1.29 is 17.6 Å². The molecule has 9 heteroatoms. The van der Waals surface area contributed by atoms with E-state index in [4.69, 9.17) is 23.2 Å². The minimum atomic E-state index is -3.95. The van der Waals surface area contributed by atoms with E-state index in [0.717, 1.165) is 24.3 Å². The van der Waals surface area contributed by atoms with Crippen LogP contribution in [-0.4, -0.2) is 20.4 Å². The van der Waals surface area contributed by atoms with Gasteiger partial charge in [0.25, 0.3) is 0 Å². The molecule has 0 unspecified atom stereocenters. The number of nitrogens with one attached hydrogen (secondary N) is 2. The van der Waals surface area contributed by atoms with Gasteiger partial charge in [-0.1, -0.05) is 23.2 Å². The number of anilines is 1. The molecular formula is C15H13Cl2FN2O3S. The number of hydrogen-bond donors (Lipinski definition) is 2. The Balaban J connectivity index is 2.07. The number of carbonyl (C=O) groups is 1. The molecule has 0 fully saturated rings. The fraction of sp³-hybridized carbons (Fsp3) is 0.133. The number of carbonyl (C=O) groups excluding carboxylic acids is 1. The normalized spacial score (nSPS) is 12.7. The van der Waals surface area contributed by atoms with E-state index in [1.807, 2.05) is 0 Å². The lowest BCUT2D eigenvalue weighted by molar-refractivity contribution is -0.117. The largest absolute Gasteiger partial charge is 0.325 e. The zero-order chi connectivity index (χ0) is 17.9. The fourth-order valence-corrected chi connectivity index (χ4v) is 3.29. The van der Waals surface area contributed by atoms with Crippen LogP contribution in [0.1, 0.15) is 6.92 Å². The second-order valence-electron chi connectivity index (χ2n) is 4.92. The minimum absolute atomic E-state index is 0.141. The van der Waals surface area contributed by atoms with Crippen LogP contribution in [0.15, 0.2) is 47.4 Å². The molecule has 2 rings (SSSR count). The Morgan fingerprint density at radius 1 is 1.08 bits per heavy atom. The van der Waals surface area contributed by atoms with Gasteiger partial charge in [0.1, 0.15) is 5.82 Å². The Morgan fingerprint density at radius 2 is 1.71 bits per heavy atom. The van der Waals surface area contributed by atoms with Crippen molar-refractivity contribution in [2.45, 2.75) is 17.9 Å². The van der Waals surface area contributed by atoms with Gasteiger partial charge in [-0.25, -0.2) is 12.8 Å². The number of hydrogen-bond acceptors (Lipinski definition) is 3. The predicted molar refractivity (Wildman–Crippen MR) is 91.3 cm³/mol. The maximum atomic E-state index is 12.9. The number of halogens is 3. The van der Waals surface area contributed by atoms with E-state index < -0.39 is 27.8 Å². The third-order valence-corrected chi connectivity index (χ3v) is 5.33. The fourth-order valence-electron chi connectivity index (χ4n) is 1.79. The number of sulfonamides is 1. The summed E-state index contributed by atoms with van der Waals surface area (Å²) in [5, 5.41) is 3.12. The van der Waals surface area contributed by atoms with Gasteiger partial charge >= 0.3 is 0 Å². The highest BCUT2D eigenvalue weighted by Gasteiger charge is 2.22. The molecule has 1 amide bonds. The van der Waals surface area contributed by atoms with Gasteiger partial charge in [0, 0.05) is 5.69 Å². The Hall–Kier alpha value is -1.67. The van der Waals surface area contributed by atoms with Gasteiger partial charge in [-0.15, -0.1) is 0 Å². The van der Waals surface area contributed by atoms with E-state index in [1.165, 1.54) is 25.1 Å². The van der Waals surface area contributed by atoms with Gasteiger partial charge in [-0.2, -0.15) is 4.72 Å². The molecule has 2 N–H and O–H groups in total. The number of rotatable bonds is 5. The summed E-state index contributed by atoms with van der Waals surface area (Å²) in [6.07, 6.45) is 0. The molecule has 0 aromatic heterocycles. The van der Waals surface area contributed by atoms with Crippen LogP contribution in [0.4, 0.5) is 10.1 Å². The lowest BCUT2D eigenvalue weighted by atomic mass is 10.3. The van der Waals surface area contributed by atoms with Crippen molar-refractivity contribution in [3.05, 3.63) is 58.3 Å². The molecule has 128 valence electrons. The van der Waals surface area contributed by atoms with Crippen LogP contribution in [0, 0.1) is 5.82 Å². The molecule has 1 atom stereocenters. The first-order valence-corrected chi connectivity index (χ1v) is 8.97. The molecule has 0 heterocycles. The van der Waals surface area contributed by atoms with Gasteiger partial charge in [0.05, 0.1) is 21.0 Å². The van der Waals surface area contributed by atoms with Gasteiger partial charge < -0.3 is 5.32 Å². The average Bonchev–Trinajstić information content (AvgIpc) is 2.51. The van der Waals surface area contributed by atoms with Crippen LogP contribution >= 0.6 is 23.2 Å². The van der Waals surface area contributed by atoms with Crippen molar-refractivity contribution in [1.82, 2.24) is 4.72 Å². The molecule has 2 aromatic rings. The SMILES string of the molecule is C[C@@H](NS(=O)(=O)c1ccc(F)cc1)C(=O)Nc1ccc(Cl)c(Cl)c1. The van der Waals surface area contributed by atoms with Crippen LogP contribution in [0.25, 0.3) is 0 Å². The van der Waals surface area contributed by atoms with Crippen molar-refractivity contribution in [2.24, 2.45) is 0 Å².